The minimum atomic E-state index is 0.676. The molecule has 0 radical (unpaired) electrons. The maximum Gasteiger partial charge on any atom is 0.0762 e. The molecule has 3 nitrogen and oxygen atoms in total. The van der Waals surface area contributed by atoms with Crippen molar-refractivity contribution in [3.8, 4) is 0 Å². The Morgan fingerprint density at radius 2 is 2.00 bits per heavy atom. The van der Waals surface area contributed by atoms with Crippen molar-refractivity contribution >= 4 is 0 Å². The number of hydrogen-bond donors (Lipinski definition) is 1. The van der Waals surface area contributed by atoms with Gasteiger partial charge in [0.1, 0.15) is 0 Å². The molecule has 17 heavy (non-hydrogen) atoms. The first-order valence-corrected chi connectivity index (χ1v) is 7.16. The Morgan fingerprint density at radius 3 is 2.71 bits per heavy atom. The summed E-state index contributed by atoms with van der Waals surface area (Å²) < 4.78 is 2.19. The van der Waals surface area contributed by atoms with Gasteiger partial charge in [-0.25, -0.2) is 0 Å². The summed E-state index contributed by atoms with van der Waals surface area (Å²) in [5, 5.41) is 8.22. The lowest BCUT2D eigenvalue weighted by atomic mass is 9.85. The summed E-state index contributed by atoms with van der Waals surface area (Å²) in [5.74, 6) is 0.937. The molecule has 0 amide bonds. The Kier molecular flexibility index (Phi) is 3.46. The van der Waals surface area contributed by atoms with Crippen molar-refractivity contribution < 1.29 is 0 Å². The third-order valence-electron chi connectivity index (χ3n) is 4.33. The number of nitrogens with one attached hydrogen (secondary N) is 1. The Morgan fingerprint density at radius 1 is 1.18 bits per heavy atom. The summed E-state index contributed by atoms with van der Waals surface area (Å²) in [6.07, 6.45) is 11.8. The first-order valence-electron chi connectivity index (χ1n) is 7.16. The van der Waals surface area contributed by atoms with Crippen LogP contribution in [0.1, 0.15) is 56.7 Å². The average Bonchev–Trinajstić information content (AvgIpc) is 2.91. The highest BCUT2D eigenvalue weighted by atomic mass is 15.3. The van der Waals surface area contributed by atoms with Gasteiger partial charge in [-0.15, -0.1) is 0 Å². The highest BCUT2D eigenvalue weighted by Gasteiger charge is 2.18. The maximum absolute atomic E-state index is 4.69. The topological polar surface area (TPSA) is 29.9 Å². The van der Waals surface area contributed by atoms with E-state index in [1.807, 2.05) is 0 Å². The van der Waals surface area contributed by atoms with Gasteiger partial charge in [-0.05, 0) is 44.2 Å². The zero-order valence-corrected chi connectivity index (χ0v) is 10.6. The molecule has 2 aliphatic rings. The van der Waals surface area contributed by atoms with Crippen LogP contribution in [0, 0.1) is 5.92 Å². The first-order chi connectivity index (χ1) is 8.42. The quantitative estimate of drug-likeness (QED) is 0.847. The van der Waals surface area contributed by atoms with Crippen LogP contribution in [0.25, 0.3) is 0 Å². The summed E-state index contributed by atoms with van der Waals surface area (Å²) in [6, 6.07) is 2.85. The molecule has 0 unspecified atom stereocenters. The molecule has 0 aromatic carbocycles. The molecular weight excluding hydrogens is 210 g/mol. The Bertz CT molecular complexity index is 348. The van der Waals surface area contributed by atoms with E-state index < -0.39 is 0 Å². The van der Waals surface area contributed by atoms with Crippen LogP contribution in [0.3, 0.4) is 0 Å². The van der Waals surface area contributed by atoms with Crippen molar-refractivity contribution in [2.24, 2.45) is 5.92 Å². The first kappa shape index (κ1) is 11.3. The van der Waals surface area contributed by atoms with Crippen molar-refractivity contribution in [2.75, 3.05) is 6.54 Å². The number of aromatic nitrogens is 2. The molecule has 2 aliphatic carbocycles. The van der Waals surface area contributed by atoms with E-state index in [9.17, 15) is 0 Å². The molecule has 0 aliphatic heterocycles. The standard InChI is InChI=1S/C14H23N3/c1-2-7-14(6-1)17-9-8-13(16-17)11-15-10-12-4-3-5-12/h8-9,12,14-15H,1-7,10-11H2. The van der Waals surface area contributed by atoms with Crippen LogP contribution in [-0.2, 0) is 6.54 Å². The van der Waals surface area contributed by atoms with Crippen molar-refractivity contribution in [1.82, 2.24) is 15.1 Å². The van der Waals surface area contributed by atoms with Crippen molar-refractivity contribution in [1.29, 1.82) is 0 Å². The van der Waals surface area contributed by atoms with Gasteiger partial charge in [0.05, 0.1) is 11.7 Å². The van der Waals surface area contributed by atoms with Gasteiger partial charge in [-0.3, -0.25) is 4.68 Å². The van der Waals surface area contributed by atoms with Gasteiger partial charge in [0.2, 0.25) is 0 Å². The highest BCUT2D eigenvalue weighted by molar-refractivity contribution is 5.00. The molecule has 3 rings (SSSR count). The Balaban J connectivity index is 1.46. The van der Waals surface area contributed by atoms with Gasteiger partial charge >= 0.3 is 0 Å². The van der Waals surface area contributed by atoms with Gasteiger partial charge in [0.25, 0.3) is 0 Å². The van der Waals surface area contributed by atoms with E-state index in [-0.39, 0.29) is 0 Å². The minimum Gasteiger partial charge on any atom is -0.311 e. The lowest BCUT2D eigenvalue weighted by Crippen LogP contribution is -2.27. The largest absolute Gasteiger partial charge is 0.311 e. The molecule has 1 aromatic rings. The normalized spacial score (nSPS) is 21.9. The molecule has 0 bridgehead atoms. The van der Waals surface area contributed by atoms with E-state index >= 15 is 0 Å². The summed E-state index contributed by atoms with van der Waals surface area (Å²) in [5.41, 5.74) is 1.20. The highest BCUT2D eigenvalue weighted by Crippen LogP contribution is 2.28. The second-order valence-corrected chi connectivity index (χ2v) is 5.65. The van der Waals surface area contributed by atoms with Crippen molar-refractivity contribution in [3.63, 3.8) is 0 Å². The fraction of sp³-hybridized carbons (Fsp3) is 0.786. The molecule has 0 saturated heterocycles. The van der Waals surface area contributed by atoms with E-state index in [1.54, 1.807) is 0 Å². The lowest BCUT2D eigenvalue weighted by molar-refractivity contribution is 0.300. The molecule has 1 heterocycles. The third-order valence-corrected chi connectivity index (χ3v) is 4.33. The van der Waals surface area contributed by atoms with Crippen LogP contribution in [-0.4, -0.2) is 16.3 Å². The number of rotatable bonds is 5. The summed E-state index contributed by atoms with van der Waals surface area (Å²) in [4.78, 5) is 0. The minimum absolute atomic E-state index is 0.676. The third kappa shape index (κ3) is 2.71. The fourth-order valence-electron chi connectivity index (χ4n) is 2.95. The van der Waals surface area contributed by atoms with Gasteiger partial charge in [0.15, 0.2) is 0 Å². The van der Waals surface area contributed by atoms with E-state index in [2.05, 4.69) is 27.4 Å². The van der Waals surface area contributed by atoms with Gasteiger partial charge in [-0.2, -0.15) is 5.10 Å². The summed E-state index contributed by atoms with van der Waals surface area (Å²) >= 11 is 0. The van der Waals surface area contributed by atoms with Crippen LogP contribution in [0.4, 0.5) is 0 Å². The van der Waals surface area contributed by atoms with Crippen molar-refractivity contribution in [2.45, 2.75) is 57.5 Å². The fourth-order valence-corrected chi connectivity index (χ4v) is 2.95. The Hall–Kier alpha value is -0.830. The number of nitrogens with zero attached hydrogens (tertiary/aromatic N) is 2. The molecule has 1 aromatic heterocycles. The van der Waals surface area contributed by atoms with Gasteiger partial charge in [-0.1, -0.05) is 19.3 Å². The van der Waals surface area contributed by atoms with Gasteiger partial charge in [0, 0.05) is 12.7 Å². The summed E-state index contributed by atoms with van der Waals surface area (Å²) in [6.45, 7) is 2.12. The smallest absolute Gasteiger partial charge is 0.0762 e. The van der Waals surface area contributed by atoms with Crippen LogP contribution >= 0.6 is 0 Å². The molecule has 1 N–H and O–H groups in total. The van der Waals surface area contributed by atoms with E-state index in [0.29, 0.717) is 6.04 Å². The molecule has 3 heteroatoms. The van der Waals surface area contributed by atoms with Crippen LogP contribution in [0.5, 0.6) is 0 Å². The molecule has 0 spiro atoms. The van der Waals surface area contributed by atoms with Crippen LogP contribution < -0.4 is 5.32 Å². The monoisotopic (exact) mass is 233 g/mol. The molecular formula is C14H23N3. The van der Waals surface area contributed by atoms with Crippen molar-refractivity contribution in [3.05, 3.63) is 18.0 Å². The predicted molar refractivity (Wildman–Crippen MR) is 68.8 cm³/mol. The Labute approximate surface area is 104 Å². The zero-order valence-electron chi connectivity index (χ0n) is 10.6. The average molecular weight is 233 g/mol. The second kappa shape index (κ2) is 5.21. The predicted octanol–water partition coefficient (Wildman–Crippen LogP) is 2.89. The van der Waals surface area contributed by atoms with E-state index in [0.717, 1.165) is 12.5 Å². The maximum atomic E-state index is 4.69. The SMILES string of the molecule is c1cn(C2CCCC2)nc1CNCC1CCC1. The second-order valence-electron chi connectivity index (χ2n) is 5.65. The van der Waals surface area contributed by atoms with Crippen LogP contribution in [0.2, 0.25) is 0 Å². The van der Waals surface area contributed by atoms with E-state index in [1.165, 1.54) is 57.2 Å². The van der Waals surface area contributed by atoms with E-state index in [4.69, 9.17) is 0 Å². The molecule has 2 fully saturated rings. The molecule has 94 valence electrons. The molecule has 2 saturated carbocycles. The number of hydrogen-bond acceptors (Lipinski definition) is 2. The lowest BCUT2D eigenvalue weighted by Gasteiger charge is -2.25. The zero-order chi connectivity index (χ0) is 11.5. The summed E-state index contributed by atoms with van der Waals surface area (Å²) in [7, 11) is 0. The molecule has 0 atom stereocenters. The van der Waals surface area contributed by atoms with Gasteiger partial charge < -0.3 is 5.32 Å². The van der Waals surface area contributed by atoms with Crippen LogP contribution in [0.15, 0.2) is 12.3 Å².